The summed E-state index contributed by atoms with van der Waals surface area (Å²) in [5.74, 6) is 2.17. The first-order chi connectivity index (χ1) is 12.2. The summed E-state index contributed by atoms with van der Waals surface area (Å²) in [5, 5.41) is 17.7. The first kappa shape index (κ1) is 16.9. The summed E-state index contributed by atoms with van der Waals surface area (Å²) in [6.07, 6.45) is 3.33. The van der Waals surface area contributed by atoms with Gasteiger partial charge in [-0.25, -0.2) is 4.98 Å². The summed E-state index contributed by atoms with van der Waals surface area (Å²) in [5.41, 5.74) is 1.21. The number of rotatable bonds is 8. The Morgan fingerprint density at radius 2 is 1.64 bits per heavy atom. The van der Waals surface area contributed by atoms with Crippen molar-refractivity contribution in [1.82, 2.24) is 4.98 Å². The third kappa shape index (κ3) is 4.74. The average molecular weight is 351 g/mol. The minimum Gasteiger partial charge on any atom is -0.486 e. The summed E-state index contributed by atoms with van der Waals surface area (Å²) in [6.45, 7) is 0.459. The van der Waals surface area contributed by atoms with Gasteiger partial charge in [0.1, 0.15) is 28.9 Å². The number of hydrogen-bond donors (Lipinski definition) is 2. The van der Waals surface area contributed by atoms with E-state index in [9.17, 15) is 0 Å². The zero-order valence-corrected chi connectivity index (χ0v) is 14.3. The second kappa shape index (κ2) is 8.21. The van der Waals surface area contributed by atoms with Crippen molar-refractivity contribution in [2.45, 2.75) is 13.0 Å². The molecule has 5 nitrogen and oxygen atoms in total. The van der Waals surface area contributed by atoms with E-state index in [0.717, 1.165) is 16.3 Å². The maximum atomic E-state index is 7.83. The number of nitrogens with one attached hydrogen (secondary N) is 2. The van der Waals surface area contributed by atoms with E-state index in [4.69, 9.17) is 20.3 Å². The van der Waals surface area contributed by atoms with Crippen LogP contribution in [0.5, 0.6) is 17.2 Å². The van der Waals surface area contributed by atoms with E-state index in [-0.39, 0.29) is 0 Å². The van der Waals surface area contributed by atoms with Gasteiger partial charge < -0.3 is 20.3 Å². The van der Waals surface area contributed by atoms with Crippen LogP contribution in [0.4, 0.5) is 0 Å². The molecule has 0 saturated carbocycles. The van der Waals surface area contributed by atoms with E-state index in [0.29, 0.717) is 30.2 Å². The predicted octanol–water partition coefficient (Wildman–Crippen LogP) is 4.92. The topological polar surface area (TPSA) is 79.1 Å². The van der Waals surface area contributed by atoms with Crippen molar-refractivity contribution in [3.8, 4) is 17.2 Å². The second-order valence-corrected chi connectivity index (χ2v) is 6.18. The number of ether oxygens (including phenoxy) is 2. The van der Waals surface area contributed by atoms with Gasteiger partial charge in [-0.2, -0.15) is 0 Å². The fourth-order valence-electron chi connectivity index (χ4n) is 2.15. The van der Waals surface area contributed by atoms with Gasteiger partial charge in [-0.15, -0.1) is 11.3 Å². The first-order valence-corrected chi connectivity index (χ1v) is 8.58. The fourth-order valence-corrected chi connectivity index (χ4v) is 2.68. The van der Waals surface area contributed by atoms with Gasteiger partial charge in [-0.3, -0.25) is 0 Å². The molecule has 2 N–H and O–H groups in total. The van der Waals surface area contributed by atoms with Gasteiger partial charge in [0.15, 0.2) is 0 Å². The molecule has 0 saturated heterocycles. The lowest BCUT2D eigenvalue weighted by molar-refractivity contribution is 0.305. The quantitative estimate of drug-likeness (QED) is 0.565. The molecule has 0 unspecified atom stereocenters. The number of benzene rings is 2. The van der Waals surface area contributed by atoms with Crippen molar-refractivity contribution in [2.75, 3.05) is 0 Å². The number of hydrogen-bond acceptors (Lipinski definition) is 6. The van der Waals surface area contributed by atoms with E-state index >= 15 is 0 Å². The predicted molar refractivity (Wildman–Crippen MR) is 99.6 cm³/mol. The molecule has 0 aliphatic heterocycles. The van der Waals surface area contributed by atoms with Crippen LogP contribution >= 0.6 is 11.3 Å². The van der Waals surface area contributed by atoms with Gasteiger partial charge in [0.2, 0.25) is 0 Å². The standard InChI is InChI=1S/C19H17N3O2S/c20-10-9-18(21)14-1-3-16(4-2-14)24-17-7-5-15(6-8-17)23-13-19-22-11-12-25-19/h1-8,10-12,20-21H,9,13H2. The molecule has 25 heavy (non-hydrogen) atoms. The van der Waals surface area contributed by atoms with E-state index in [2.05, 4.69) is 4.98 Å². The maximum absolute atomic E-state index is 7.83. The normalized spacial score (nSPS) is 10.2. The zero-order chi connectivity index (χ0) is 17.5. The molecule has 1 aromatic heterocycles. The zero-order valence-electron chi connectivity index (χ0n) is 13.4. The van der Waals surface area contributed by atoms with Crippen molar-refractivity contribution in [2.24, 2.45) is 0 Å². The number of nitrogens with zero attached hydrogens (tertiary/aromatic N) is 1. The van der Waals surface area contributed by atoms with Crippen LogP contribution in [0.3, 0.4) is 0 Å². The van der Waals surface area contributed by atoms with Gasteiger partial charge in [0.05, 0.1) is 0 Å². The van der Waals surface area contributed by atoms with Crippen LogP contribution in [0.25, 0.3) is 0 Å². The van der Waals surface area contributed by atoms with Crippen molar-refractivity contribution in [1.29, 1.82) is 10.8 Å². The Balaban J connectivity index is 1.57. The summed E-state index contributed by atoms with van der Waals surface area (Å²) in [6, 6.07) is 14.7. The molecule has 0 fully saturated rings. The molecule has 0 atom stereocenters. The highest BCUT2D eigenvalue weighted by Crippen LogP contribution is 2.25. The molecule has 3 rings (SSSR count). The molecule has 126 valence electrons. The minimum atomic E-state index is 0.336. The monoisotopic (exact) mass is 351 g/mol. The molecule has 0 radical (unpaired) electrons. The summed E-state index contributed by atoms with van der Waals surface area (Å²) in [4.78, 5) is 4.18. The molecule has 0 aliphatic carbocycles. The van der Waals surface area contributed by atoms with Crippen LogP contribution < -0.4 is 9.47 Å². The van der Waals surface area contributed by atoms with Crippen LogP contribution in [0.2, 0.25) is 0 Å². The van der Waals surface area contributed by atoms with Crippen molar-refractivity contribution in [3.05, 3.63) is 70.7 Å². The van der Waals surface area contributed by atoms with Crippen LogP contribution in [0, 0.1) is 10.8 Å². The third-order valence-electron chi connectivity index (χ3n) is 3.41. The van der Waals surface area contributed by atoms with E-state index in [1.165, 1.54) is 6.21 Å². The summed E-state index contributed by atoms with van der Waals surface area (Å²) < 4.78 is 11.5. The Morgan fingerprint density at radius 1 is 1.00 bits per heavy atom. The molecule has 0 amide bonds. The first-order valence-electron chi connectivity index (χ1n) is 7.70. The minimum absolute atomic E-state index is 0.336. The highest BCUT2D eigenvalue weighted by Gasteiger charge is 2.03. The van der Waals surface area contributed by atoms with E-state index in [1.807, 2.05) is 53.9 Å². The lowest BCUT2D eigenvalue weighted by Crippen LogP contribution is -1.98. The Bertz CT molecular complexity index is 828. The van der Waals surface area contributed by atoms with Crippen LogP contribution in [-0.2, 0) is 6.61 Å². The lowest BCUT2D eigenvalue weighted by atomic mass is 10.1. The van der Waals surface area contributed by atoms with Crippen molar-refractivity contribution >= 4 is 23.3 Å². The van der Waals surface area contributed by atoms with Gasteiger partial charge >= 0.3 is 0 Å². The SMILES string of the molecule is N=CCC(=N)c1ccc(Oc2ccc(OCc3nccs3)cc2)cc1. The van der Waals surface area contributed by atoms with Gasteiger partial charge in [0.25, 0.3) is 0 Å². The Kier molecular flexibility index (Phi) is 5.53. The highest BCUT2D eigenvalue weighted by atomic mass is 32.1. The molecule has 3 aromatic rings. The summed E-state index contributed by atoms with van der Waals surface area (Å²) >= 11 is 1.56. The highest BCUT2D eigenvalue weighted by molar-refractivity contribution is 7.09. The van der Waals surface area contributed by atoms with Crippen LogP contribution in [0.1, 0.15) is 17.0 Å². The lowest BCUT2D eigenvalue weighted by Gasteiger charge is -2.08. The Labute approximate surface area is 149 Å². The Morgan fingerprint density at radius 3 is 2.24 bits per heavy atom. The second-order valence-electron chi connectivity index (χ2n) is 5.20. The average Bonchev–Trinajstić information content (AvgIpc) is 3.15. The van der Waals surface area contributed by atoms with Crippen molar-refractivity contribution < 1.29 is 9.47 Å². The number of thiazole rings is 1. The van der Waals surface area contributed by atoms with E-state index in [1.54, 1.807) is 17.5 Å². The molecule has 2 aromatic carbocycles. The fraction of sp³-hybridized carbons (Fsp3) is 0.105. The number of aromatic nitrogens is 1. The van der Waals surface area contributed by atoms with Crippen LogP contribution in [0.15, 0.2) is 60.1 Å². The summed E-state index contributed by atoms with van der Waals surface area (Å²) in [7, 11) is 0. The van der Waals surface area contributed by atoms with Gasteiger partial charge in [-0.1, -0.05) is 0 Å². The molecule has 0 aliphatic rings. The van der Waals surface area contributed by atoms with Crippen LogP contribution in [-0.4, -0.2) is 16.9 Å². The molecule has 0 spiro atoms. The largest absolute Gasteiger partial charge is 0.486 e. The van der Waals surface area contributed by atoms with E-state index < -0.39 is 0 Å². The molecule has 1 heterocycles. The smallest absolute Gasteiger partial charge is 0.140 e. The molecular formula is C19H17N3O2S. The van der Waals surface area contributed by atoms with Gasteiger partial charge in [-0.05, 0) is 54.1 Å². The Hall–Kier alpha value is -2.99. The maximum Gasteiger partial charge on any atom is 0.140 e. The molecule has 6 heteroatoms. The van der Waals surface area contributed by atoms with Gasteiger partial charge in [0, 0.05) is 29.9 Å². The van der Waals surface area contributed by atoms with Crippen molar-refractivity contribution in [3.63, 3.8) is 0 Å². The third-order valence-corrected chi connectivity index (χ3v) is 4.17. The molecular weight excluding hydrogens is 334 g/mol. The molecule has 0 bridgehead atoms.